The largest absolute Gasteiger partial charge is 0.332 e. The first kappa shape index (κ1) is 20.0. The number of halogens is 1. The molecule has 0 saturated carbocycles. The fourth-order valence-electron chi connectivity index (χ4n) is 2.64. The highest BCUT2D eigenvalue weighted by molar-refractivity contribution is 9.10. The van der Waals surface area contributed by atoms with Crippen molar-refractivity contribution in [1.82, 2.24) is 20.4 Å². The monoisotopic (exact) mass is 459 g/mol. The number of thiocarbonyl (C=S) groups is 1. The molecule has 0 spiro atoms. The average Bonchev–Trinajstić information content (AvgIpc) is 2.69. The highest BCUT2D eigenvalue weighted by Crippen LogP contribution is 2.19. The minimum absolute atomic E-state index is 0.00177. The van der Waals surface area contributed by atoms with Crippen LogP contribution in [0.25, 0.3) is 11.0 Å². The van der Waals surface area contributed by atoms with Gasteiger partial charge in [0, 0.05) is 22.9 Å². The second kappa shape index (κ2) is 8.49. The summed E-state index contributed by atoms with van der Waals surface area (Å²) in [7, 11) is 0. The summed E-state index contributed by atoms with van der Waals surface area (Å²) in [4.78, 5) is 29.9. The number of fused-ring (bicyclic) bond motifs is 1. The van der Waals surface area contributed by atoms with E-state index in [0.717, 1.165) is 11.4 Å². The lowest BCUT2D eigenvalue weighted by Crippen LogP contribution is -2.45. The van der Waals surface area contributed by atoms with Gasteiger partial charge in [-0.05, 0) is 60.2 Å². The van der Waals surface area contributed by atoms with Crippen molar-refractivity contribution >= 4 is 55.9 Å². The van der Waals surface area contributed by atoms with Gasteiger partial charge in [0.1, 0.15) is 11.2 Å². The molecule has 28 heavy (non-hydrogen) atoms. The van der Waals surface area contributed by atoms with Crippen molar-refractivity contribution in [1.29, 1.82) is 0 Å². The molecule has 1 aromatic carbocycles. The summed E-state index contributed by atoms with van der Waals surface area (Å²) >= 11 is 8.55. The van der Waals surface area contributed by atoms with Crippen LogP contribution >= 0.6 is 28.1 Å². The number of para-hydroxylation sites is 1. The molecule has 0 aliphatic rings. The van der Waals surface area contributed by atoms with Crippen molar-refractivity contribution < 1.29 is 4.79 Å². The fourth-order valence-corrected chi connectivity index (χ4v) is 3.13. The number of nitrogens with zero attached hydrogens (tertiary/aromatic N) is 2. The molecule has 0 bridgehead atoms. The third-order valence-electron chi connectivity index (χ3n) is 4.08. The molecule has 0 aliphatic carbocycles. The summed E-state index contributed by atoms with van der Waals surface area (Å²) in [5, 5.41) is 3.51. The number of aromatic nitrogens is 2. The van der Waals surface area contributed by atoms with Gasteiger partial charge in [-0.1, -0.05) is 18.2 Å². The molecule has 0 atom stereocenters. The van der Waals surface area contributed by atoms with Gasteiger partial charge in [0.25, 0.3) is 5.91 Å². The van der Waals surface area contributed by atoms with Gasteiger partial charge in [0.2, 0.25) is 5.43 Å². The number of nitrogens with one attached hydrogen (secondary N) is 3. The molecule has 0 fully saturated rings. The van der Waals surface area contributed by atoms with Gasteiger partial charge in [-0.25, -0.2) is 4.98 Å². The molecule has 2 heterocycles. The maximum atomic E-state index is 12.8. The number of carbonyl (C=O) groups is 1. The van der Waals surface area contributed by atoms with E-state index in [0.29, 0.717) is 22.1 Å². The van der Waals surface area contributed by atoms with Crippen molar-refractivity contribution in [2.75, 3.05) is 5.32 Å². The maximum absolute atomic E-state index is 12.8. The molecule has 0 unspecified atom stereocenters. The van der Waals surface area contributed by atoms with Crippen molar-refractivity contribution in [3.8, 4) is 0 Å². The van der Waals surface area contributed by atoms with E-state index in [-0.39, 0.29) is 10.7 Å². The minimum atomic E-state index is -0.581. The molecule has 3 rings (SSSR count). The number of pyridine rings is 2. The van der Waals surface area contributed by atoms with Gasteiger partial charge in [0.15, 0.2) is 5.11 Å². The summed E-state index contributed by atoms with van der Waals surface area (Å²) in [5.41, 5.74) is 6.77. The molecule has 144 valence electrons. The third kappa shape index (κ3) is 4.20. The van der Waals surface area contributed by atoms with Gasteiger partial charge in [-0.15, -0.1) is 0 Å². The maximum Gasteiger partial charge on any atom is 0.275 e. The van der Waals surface area contributed by atoms with Crippen molar-refractivity contribution in [3.05, 3.63) is 68.5 Å². The molecule has 9 heteroatoms. The number of benzene rings is 1. The number of hydrogen-bond donors (Lipinski definition) is 3. The summed E-state index contributed by atoms with van der Waals surface area (Å²) in [6.07, 6.45) is 1.51. The molecular formula is C19H18BrN5O2S. The van der Waals surface area contributed by atoms with Crippen LogP contribution in [0.1, 0.15) is 23.0 Å². The number of aryl methyl sites for hydroxylation is 2. The van der Waals surface area contributed by atoms with E-state index in [1.54, 1.807) is 10.6 Å². The molecular weight excluding hydrogens is 442 g/mol. The van der Waals surface area contributed by atoms with Crippen molar-refractivity contribution in [2.24, 2.45) is 0 Å². The SMILES string of the molecule is CCn1cc(C(=O)NNC(=S)Nc2ccccc2)c(=O)c2cc(Br)c(C)nc21. The van der Waals surface area contributed by atoms with Crippen LogP contribution in [0.15, 0.2) is 51.9 Å². The van der Waals surface area contributed by atoms with Crippen LogP contribution in [0, 0.1) is 6.92 Å². The highest BCUT2D eigenvalue weighted by atomic mass is 79.9. The van der Waals surface area contributed by atoms with Crippen molar-refractivity contribution in [3.63, 3.8) is 0 Å². The van der Waals surface area contributed by atoms with E-state index in [4.69, 9.17) is 12.2 Å². The van der Waals surface area contributed by atoms with E-state index in [1.165, 1.54) is 6.20 Å². The van der Waals surface area contributed by atoms with Crippen LogP contribution in [0.2, 0.25) is 0 Å². The van der Waals surface area contributed by atoms with Gasteiger partial charge < -0.3 is 9.88 Å². The van der Waals surface area contributed by atoms with E-state index in [2.05, 4.69) is 37.1 Å². The van der Waals surface area contributed by atoms with Gasteiger partial charge >= 0.3 is 0 Å². The smallest absolute Gasteiger partial charge is 0.275 e. The zero-order chi connectivity index (χ0) is 20.3. The summed E-state index contributed by atoms with van der Waals surface area (Å²) in [6.45, 7) is 4.33. The van der Waals surface area contributed by atoms with Gasteiger partial charge in [-0.2, -0.15) is 0 Å². The van der Waals surface area contributed by atoms with Crippen LogP contribution in [0.3, 0.4) is 0 Å². The van der Waals surface area contributed by atoms with E-state index in [9.17, 15) is 9.59 Å². The molecule has 3 aromatic rings. The second-order valence-corrected chi connectivity index (χ2v) is 7.25. The summed E-state index contributed by atoms with van der Waals surface area (Å²) in [6, 6.07) is 11.0. The second-order valence-electron chi connectivity index (χ2n) is 5.98. The number of rotatable bonds is 3. The van der Waals surface area contributed by atoms with Gasteiger partial charge in [-0.3, -0.25) is 20.4 Å². The predicted octanol–water partition coefficient (Wildman–Crippen LogP) is 3.12. The normalized spacial score (nSPS) is 10.5. The lowest BCUT2D eigenvalue weighted by Gasteiger charge is -2.14. The van der Waals surface area contributed by atoms with E-state index < -0.39 is 11.3 Å². The molecule has 0 saturated heterocycles. The Hall–Kier alpha value is -2.78. The van der Waals surface area contributed by atoms with Crippen LogP contribution < -0.4 is 21.6 Å². The fraction of sp³-hybridized carbons (Fsp3) is 0.158. The molecule has 2 aromatic heterocycles. The van der Waals surface area contributed by atoms with Crippen molar-refractivity contribution in [2.45, 2.75) is 20.4 Å². The zero-order valence-electron chi connectivity index (χ0n) is 15.2. The molecule has 3 N–H and O–H groups in total. The quantitative estimate of drug-likeness (QED) is 0.411. The first-order valence-electron chi connectivity index (χ1n) is 8.53. The first-order chi connectivity index (χ1) is 13.4. The van der Waals surface area contributed by atoms with Crippen LogP contribution in [0.4, 0.5) is 5.69 Å². The number of hydrazine groups is 1. The van der Waals surface area contributed by atoms with Crippen LogP contribution in [-0.2, 0) is 6.54 Å². The van der Waals surface area contributed by atoms with Gasteiger partial charge in [0.05, 0.1) is 11.1 Å². The Kier molecular flexibility index (Phi) is 6.05. The zero-order valence-corrected chi connectivity index (χ0v) is 17.6. The van der Waals surface area contributed by atoms with Crippen LogP contribution in [-0.4, -0.2) is 20.6 Å². The standard InChI is InChI=1S/C19H18BrN5O2S/c1-3-25-10-14(16(26)13-9-15(20)11(2)21-17(13)25)18(27)23-24-19(28)22-12-7-5-4-6-8-12/h4-10H,3H2,1-2H3,(H,23,27)(H2,22,24,28). The van der Waals surface area contributed by atoms with E-state index in [1.807, 2.05) is 44.2 Å². The Morgan fingerprint density at radius 3 is 2.64 bits per heavy atom. The lowest BCUT2D eigenvalue weighted by atomic mass is 10.1. The number of hydrogen-bond acceptors (Lipinski definition) is 4. The highest BCUT2D eigenvalue weighted by Gasteiger charge is 2.17. The number of amides is 1. The average molecular weight is 460 g/mol. The number of carbonyl (C=O) groups excluding carboxylic acids is 1. The number of anilines is 1. The Morgan fingerprint density at radius 1 is 1.25 bits per heavy atom. The Labute approximate surface area is 175 Å². The van der Waals surface area contributed by atoms with Crippen LogP contribution in [0.5, 0.6) is 0 Å². The lowest BCUT2D eigenvalue weighted by molar-refractivity contribution is 0.0942. The molecule has 0 aliphatic heterocycles. The topological polar surface area (TPSA) is 88.0 Å². The Morgan fingerprint density at radius 2 is 1.96 bits per heavy atom. The Balaban J connectivity index is 1.83. The summed E-state index contributed by atoms with van der Waals surface area (Å²) < 4.78 is 2.48. The Bertz CT molecular complexity index is 1110. The summed E-state index contributed by atoms with van der Waals surface area (Å²) in [5.74, 6) is -0.581. The minimum Gasteiger partial charge on any atom is -0.332 e. The molecule has 1 amide bonds. The van der Waals surface area contributed by atoms with E-state index >= 15 is 0 Å². The third-order valence-corrected chi connectivity index (χ3v) is 5.09. The predicted molar refractivity (Wildman–Crippen MR) is 117 cm³/mol. The molecule has 7 nitrogen and oxygen atoms in total. The molecule has 0 radical (unpaired) electrons. The first-order valence-corrected chi connectivity index (χ1v) is 9.73.